The van der Waals surface area contributed by atoms with Crippen molar-refractivity contribution in [3.63, 3.8) is 0 Å². The van der Waals surface area contributed by atoms with Crippen molar-refractivity contribution in [2.75, 3.05) is 19.8 Å². The molecule has 1 fully saturated rings. The van der Waals surface area contributed by atoms with Crippen LogP contribution in [0.4, 0.5) is 8.78 Å². The fourth-order valence-electron chi connectivity index (χ4n) is 2.69. The summed E-state index contributed by atoms with van der Waals surface area (Å²) in [4.78, 5) is 23.4. The molecule has 1 amide bonds. The van der Waals surface area contributed by atoms with Gasteiger partial charge in [0.05, 0.1) is 11.5 Å². The number of carbonyl (C=O) groups excluding carboxylic acids is 1. The highest BCUT2D eigenvalue weighted by atomic mass is 19.2. The molecule has 1 saturated heterocycles. The molecule has 1 aliphatic heterocycles. The molecule has 0 aromatic heterocycles. The smallest absolute Gasteiger partial charge is 0.308 e. The van der Waals surface area contributed by atoms with Crippen molar-refractivity contribution < 1.29 is 28.2 Å². The Morgan fingerprint density at radius 1 is 1.30 bits per heavy atom. The Morgan fingerprint density at radius 2 is 1.96 bits per heavy atom. The molecule has 0 aliphatic carbocycles. The number of aliphatic carboxylic acids is 1. The summed E-state index contributed by atoms with van der Waals surface area (Å²) >= 11 is 0. The minimum absolute atomic E-state index is 0.102. The van der Waals surface area contributed by atoms with Gasteiger partial charge in [-0.2, -0.15) is 0 Å². The van der Waals surface area contributed by atoms with E-state index in [4.69, 9.17) is 4.74 Å². The number of nitrogens with one attached hydrogen (secondary N) is 1. The van der Waals surface area contributed by atoms with Gasteiger partial charge in [0, 0.05) is 19.8 Å². The van der Waals surface area contributed by atoms with Crippen LogP contribution in [-0.4, -0.2) is 36.7 Å². The number of benzene rings is 1. The van der Waals surface area contributed by atoms with E-state index in [0.717, 1.165) is 0 Å². The number of hydrogen-bond acceptors (Lipinski definition) is 3. The summed E-state index contributed by atoms with van der Waals surface area (Å²) in [7, 11) is 0. The molecular formula is C16H19F2NO4. The first kappa shape index (κ1) is 17.3. The molecule has 0 saturated carbocycles. The van der Waals surface area contributed by atoms with Gasteiger partial charge < -0.3 is 15.2 Å². The van der Waals surface area contributed by atoms with E-state index in [-0.39, 0.29) is 18.0 Å². The Kier molecular flexibility index (Phi) is 5.65. The summed E-state index contributed by atoms with van der Waals surface area (Å²) in [5.74, 6) is -5.02. The van der Waals surface area contributed by atoms with Crippen LogP contribution in [0.3, 0.4) is 0 Å². The van der Waals surface area contributed by atoms with Crippen molar-refractivity contribution in [1.82, 2.24) is 5.32 Å². The van der Waals surface area contributed by atoms with Crippen LogP contribution in [0.25, 0.3) is 0 Å². The number of carboxylic acid groups (broad SMARTS) is 1. The number of carboxylic acids is 1. The molecule has 2 N–H and O–H groups in total. The first-order chi connectivity index (χ1) is 10.9. The molecule has 1 unspecified atom stereocenters. The summed E-state index contributed by atoms with van der Waals surface area (Å²) in [6.07, 6.45) is 1.20. The van der Waals surface area contributed by atoms with E-state index in [1.807, 2.05) is 0 Å². The van der Waals surface area contributed by atoms with Gasteiger partial charge in [-0.25, -0.2) is 8.78 Å². The summed E-state index contributed by atoms with van der Waals surface area (Å²) in [6.45, 7) is 2.24. The normalized spacial score (nSPS) is 16.8. The number of hydrogen-bond donors (Lipinski definition) is 2. The van der Waals surface area contributed by atoms with E-state index in [2.05, 4.69) is 5.32 Å². The largest absolute Gasteiger partial charge is 0.481 e. The summed E-state index contributed by atoms with van der Waals surface area (Å²) in [5.41, 5.74) is -0.325. The van der Waals surface area contributed by atoms with Crippen LogP contribution < -0.4 is 5.32 Å². The Hall–Kier alpha value is -2.02. The number of carbonyl (C=O) groups is 2. The molecule has 126 valence electrons. The van der Waals surface area contributed by atoms with Gasteiger partial charge in [0.25, 0.3) is 5.91 Å². The lowest BCUT2D eigenvalue weighted by Gasteiger charge is -2.27. The molecule has 5 nitrogen and oxygen atoms in total. The summed E-state index contributed by atoms with van der Waals surface area (Å²) in [5, 5.41) is 11.7. The quantitative estimate of drug-likeness (QED) is 0.869. The lowest BCUT2D eigenvalue weighted by Crippen LogP contribution is -2.39. The van der Waals surface area contributed by atoms with Crippen molar-refractivity contribution in [2.45, 2.75) is 19.8 Å². The highest BCUT2D eigenvalue weighted by Crippen LogP contribution is 2.24. The van der Waals surface area contributed by atoms with Gasteiger partial charge in [-0.1, -0.05) is 6.07 Å². The van der Waals surface area contributed by atoms with Gasteiger partial charge in [-0.3, -0.25) is 9.59 Å². The number of aryl methyl sites for hydroxylation is 1. The van der Waals surface area contributed by atoms with Crippen LogP contribution in [-0.2, 0) is 9.53 Å². The zero-order valence-electron chi connectivity index (χ0n) is 12.8. The van der Waals surface area contributed by atoms with Gasteiger partial charge in [0.2, 0.25) is 0 Å². The molecule has 0 bridgehead atoms. The molecule has 0 radical (unpaired) electrons. The highest BCUT2D eigenvalue weighted by molar-refractivity contribution is 5.94. The highest BCUT2D eigenvalue weighted by Gasteiger charge is 2.30. The van der Waals surface area contributed by atoms with Gasteiger partial charge in [-0.05, 0) is 37.3 Å². The van der Waals surface area contributed by atoms with Crippen LogP contribution >= 0.6 is 0 Å². The molecule has 1 aromatic rings. The third-order valence-corrected chi connectivity index (χ3v) is 4.15. The maximum absolute atomic E-state index is 13.8. The average molecular weight is 327 g/mol. The van der Waals surface area contributed by atoms with Crippen molar-refractivity contribution in [3.05, 3.63) is 34.9 Å². The molecule has 1 heterocycles. The third-order valence-electron chi connectivity index (χ3n) is 4.15. The second kappa shape index (κ2) is 7.50. The first-order valence-electron chi connectivity index (χ1n) is 7.45. The average Bonchev–Trinajstić information content (AvgIpc) is 2.53. The minimum Gasteiger partial charge on any atom is -0.481 e. The number of amides is 1. The molecular weight excluding hydrogens is 308 g/mol. The van der Waals surface area contributed by atoms with E-state index >= 15 is 0 Å². The standard InChI is InChI=1S/C16H19F2NO4/c1-9-2-3-11(14(18)13(9)17)15(20)19-8-12(16(21)22)10-4-6-23-7-5-10/h2-3,10,12H,4-8H2,1H3,(H,19,20)(H,21,22). The predicted molar refractivity (Wildman–Crippen MR) is 78.1 cm³/mol. The zero-order chi connectivity index (χ0) is 17.0. The lowest BCUT2D eigenvalue weighted by molar-refractivity contribution is -0.144. The van der Waals surface area contributed by atoms with Crippen molar-refractivity contribution in [1.29, 1.82) is 0 Å². The zero-order valence-corrected chi connectivity index (χ0v) is 12.8. The lowest BCUT2D eigenvalue weighted by atomic mass is 9.86. The maximum atomic E-state index is 13.8. The van der Waals surface area contributed by atoms with E-state index in [1.54, 1.807) is 0 Å². The molecule has 23 heavy (non-hydrogen) atoms. The second-order valence-corrected chi connectivity index (χ2v) is 5.66. The van der Waals surface area contributed by atoms with Gasteiger partial charge in [-0.15, -0.1) is 0 Å². The first-order valence-corrected chi connectivity index (χ1v) is 7.45. The Labute approximate surface area is 132 Å². The predicted octanol–water partition coefficient (Wildman–Crippen LogP) is 2.13. The Balaban J connectivity index is 2.04. The SMILES string of the molecule is Cc1ccc(C(=O)NCC(C(=O)O)C2CCOCC2)c(F)c1F. The third kappa shape index (κ3) is 4.04. The van der Waals surface area contributed by atoms with Crippen LogP contribution in [0.2, 0.25) is 0 Å². The van der Waals surface area contributed by atoms with Gasteiger partial charge in [0.1, 0.15) is 0 Å². The molecule has 2 rings (SSSR count). The van der Waals surface area contributed by atoms with Crippen LogP contribution in [0.1, 0.15) is 28.8 Å². The fraction of sp³-hybridized carbons (Fsp3) is 0.500. The van der Waals surface area contributed by atoms with Gasteiger partial charge >= 0.3 is 5.97 Å². The molecule has 7 heteroatoms. The van der Waals surface area contributed by atoms with Gasteiger partial charge in [0.15, 0.2) is 11.6 Å². The van der Waals surface area contributed by atoms with E-state index in [0.29, 0.717) is 26.1 Å². The van der Waals surface area contributed by atoms with Crippen molar-refractivity contribution in [2.24, 2.45) is 11.8 Å². The molecule has 1 aromatic carbocycles. The van der Waals surface area contributed by atoms with Crippen LogP contribution in [0.15, 0.2) is 12.1 Å². The van der Waals surface area contributed by atoms with E-state index in [1.165, 1.54) is 19.1 Å². The molecule has 1 aliphatic rings. The Bertz CT molecular complexity index is 600. The number of ether oxygens (including phenoxy) is 1. The molecule has 1 atom stereocenters. The van der Waals surface area contributed by atoms with Crippen LogP contribution in [0.5, 0.6) is 0 Å². The van der Waals surface area contributed by atoms with Crippen LogP contribution in [0, 0.1) is 30.4 Å². The Morgan fingerprint density at radius 3 is 2.57 bits per heavy atom. The van der Waals surface area contributed by atoms with Crippen molar-refractivity contribution >= 4 is 11.9 Å². The number of halogens is 2. The topological polar surface area (TPSA) is 75.6 Å². The minimum atomic E-state index is -1.22. The fourth-order valence-corrected chi connectivity index (χ4v) is 2.69. The maximum Gasteiger partial charge on any atom is 0.308 e. The number of rotatable bonds is 5. The van der Waals surface area contributed by atoms with E-state index < -0.39 is 35.0 Å². The van der Waals surface area contributed by atoms with Crippen molar-refractivity contribution in [3.8, 4) is 0 Å². The molecule has 0 spiro atoms. The monoisotopic (exact) mass is 327 g/mol. The second-order valence-electron chi connectivity index (χ2n) is 5.66. The van der Waals surface area contributed by atoms with E-state index in [9.17, 15) is 23.5 Å². The summed E-state index contributed by atoms with van der Waals surface area (Å²) < 4.78 is 32.5. The summed E-state index contributed by atoms with van der Waals surface area (Å²) in [6, 6.07) is 2.49.